The molecule has 0 aromatic heterocycles. The molecule has 0 aliphatic heterocycles. The summed E-state index contributed by atoms with van der Waals surface area (Å²) in [5.41, 5.74) is 1.83. The van der Waals surface area contributed by atoms with Crippen LogP contribution in [0, 0.1) is 5.82 Å². The first kappa shape index (κ1) is 18.7. The van der Waals surface area contributed by atoms with Crippen molar-refractivity contribution in [3.8, 4) is 5.75 Å². The number of hydrogen-bond acceptors (Lipinski definition) is 3. The van der Waals surface area contributed by atoms with Crippen LogP contribution in [-0.2, 0) is 6.42 Å². The number of urea groups is 1. The Labute approximate surface area is 146 Å². The van der Waals surface area contributed by atoms with Crippen molar-refractivity contribution < 1.29 is 19.0 Å². The van der Waals surface area contributed by atoms with Gasteiger partial charge in [0.25, 0.3) is 0 Å². The number of rotatable bonds is 8. The molecule has 0 spiro atoms. The summed E-state index contributed by atoms with van der Waals surface area (Å²) in [6.45, 7) is 0.423. The van der Waals surface area contributed by atoms with Crippen molar-refractivity contribution in [1.82, 2.24) is 10.6 Å². The van der Waals surface area contributed by atoms with Gasteiger partial charge < -0.3 is 20.5 Å². The van der Waals surface area contributed by atoms with Gasteiger partial charge in [0.05, 0.1) is 13.2 Å². The van der Waals surface area contributed by atoms with Gasteiger partial charge in [0.15, 0.2) is 0 Å². The quantitative estimate of drug-likeness (QED) is 0.644. The van der Waals surface area contributed by atoms with Crippen molar-refractivity contribution in [2.45, 2.75) is 18.9 Å². The van der Waals surface area contributed by atoms with Crippen molar-refractivity contribution in [3.63, 3.8) is 0 Å². The number of carbonyl (C=O) groups excluding carboxylic acids is 1. The molecule has 0 aliphatic rings. The molecule has 25 heavy (non-hydrogen) atoms. The van der Waals surface area contributed by atoms with E-state index in [4.69, 9.17) is 9.84 Å². The Morgan fingerprint density at radius 1 is 1.16 bits per heavy atom. The molecule has 0 radical (unpaired) electrons. The summed E-state index contributed by atoms with van der Waals surface area (Å²) in [5, 5.41) is 14.4. The second-order valence-corrected chi connectivity index (χ2v) is 5.63. The van der Waals surface area contributed by atoms with Crippen molar-refractivity contribution in [2.24, 2.45) is 0 Å². The summed E-state index contributed by atoms with van der Waals surface area (Å²) in [6, 6.07) is 13.1. The third-order valence-corrected chi connectivity index (χ3v) is 3.80. The fourth-order valence-corrected chi connectivity index (χ4v) is 2.43. The Hall–Kier alpha value is -2.60. The van der Waals surface area contributed by atoms with Gasteiger partial charge in [-0.1, -0.05) is 24.3 Å². The van der Waals surface area contributed by atoms with Crippen LogP contribution in [0.15, 0.2) is 48.5 Å². The number of hydrogen-bond donors (Lipinski definition) is 3. The van der Waals surface area contributed by atoms with E-state index in [1.54, 1.807) is 19.2 Å². The van der Waals surface area contributed by atoms with Gasteiger partial charge in [-0.25, -0.2) is 9.18 Å². The zero-order valence-electron chi connectivity index (χ0n) is 14.2. The number of nitrogens with one attached hydrogen (secondary N) is 2. The zero-order valence-corrected chi connectivity index (χ0v) is 14.2. The highest BCUT2D eigenvalue weighted by molar-refractivity contribution is 5.74. The summed E-state index contributed by atoms with van der Waals surface area (Å²) < 4.78 is 18.3. The first-order valence-corrected chi connectivity index (χ1v) is 8.16. The highest BCUT2D eigenvalue weighted by Crippen LogP contribution is 2.21. The molecule has 2 aromatic rings. The predicted molar refractivity (Wildman–Crippen MR) is 94.1 cm³/mol. The van der Waals surface area contributed by atoms with Gasteiger partial charge >= 0.3 is 6.03 Å². The van der Waals surface area contributed by atoms with Gasteiger partial charge in [0.1, 0.15) is 11.6 Å². The molecule has 0 heterocycles. The van der Waals surface area contributed by atoms with E-state index in [2.05, 4.69) is 10.6 Å². The van der Waals surface area contributed by atoms with E-state index in [9.17, 15) is 9.18 Å². The molecular weight excluding hydrogens is 323 g/mol. The van der Waals surface area contributed by atoms with Crippen molar-refractivity contribution in [2.75, 3.05) is 20.3 Å². The molecule has 134 valence electrons. The standard InChI is InChI=1S/C19H23FN2O3/c1-25-17-9-5-15(6-10-17)18(22-19(24)21-11-2-12-23)13-14-3-7-16(20)8-4-14/h3-10,18,23H,2,11-13H2,1H3,(H2,21,22,24). The fourth-order valence-electron chi connectivity index (χ4n) is 2.43. The van der Waals surface area contributed by atoms with E-state index in [0.717, 1.165) is 16.9 Å². The van der Waals surface area contributed by atoms with Crippen LogP contribution in [-0.4, -0.2) is 31.4 Å². The lowest BCUT2D eigenvalue weighted by Gasteiger charge is -2.20. The largest absolute Gasteiger partial charge is 0.497 e. The molecule has 0 saturated heterocycles. The number of halogens is 1. The lowest BCUT2D eigenvalue weighted by Crippen LogP contribution is -2.39. The summed E-state index contributed by atoms with van der Waals surface area (Å²) >= 11 is 0. The molecule has 1 atom stereocenters. The topological polar surface area (TPSA) is 70.6 Å². The van der Waals surface area contributed by atoms with Crippen LogP contribution in [0.25, 0.3) is 0 Å². The third-order valence-electron chi connectivity index (χ3n) is 3.80. The Morgan fingerprint density at radius 3 is 2.44 bits per heavy atom. The van der Waals surface area contributed by atoms with E-state index in [0.29, 0.717) is 19.4 Å². The van der Waals surface area contributed by atoms with Crippen LogP contribution in [0.4, 0.5) is 9.18 Å². The Kier molecular flexibility index (Phi) is 7.22. The lowest BCUT2D eigenvalue weighted by atomic mass is 9.99. The van der Waals surface area contributed by atoms with Gasteiger partial charge in [0, 0.05) is 13.2 Å². The highest BCUT2D eigenvalue weighted by atomic mass is 19.1. The highest BCUT2D eigenvalue weighted by Gasteiger charge is 2.15. The van der Waals surface area contributed by atoms with Crippen molar-refractivity contribution in [1.29, 1.82) is 0 Å². The second-order valence-electron chi connectivity index (χ2n) is 5.63. The van der Waals surface area contributed by atoms with Crippen LogP contribution in [0.1, 0.15) is 23.6 Å². The first-order valence-electron chi connectivity index (χ1n) is 8.16. The van der Waals surface area contributed by atoms with Gasteiger partial charge in [-0.2, -0.15) is 0 Å². The van der Waals surface area contributed by atoms with Crippen molar-refractivity contribution >= 4 is 6.03 Å². The van der Waals surface area contributed by atoms with Crippen LogP contribution >= 0.6 is 0 Å². The summed E-state index contributed by atoms with van der Waals surface area (Å²) in [7, 11) is 1.60. The van der Waals surface area contributed by atoms with Crippen LogP contribution in [0.2, 0.25) is 0 Å². The molecule has 1 unspecified atom stereocenters. The second kappa shape index (κ2) is 9.64. The smallest absolute Gasteiger partial charge is 0.315 e. The average molecular weight is 346 g/mol. The maximum atomic E-state index is 13.1. The SMILES string of the molecule is COc1ccc(C(Cc2ccc(F)cc2)NC(=O)NCCCO)cc1. The maximum absolute atomic E-state index is 13.1. The molecule has 0 fully saturated rings. The van der Waals surface area contributed by atoms with Gasteiger partial charge in [-0.15, -0.1) is 0 Å². The number of ether oxygens (including phenoxy) is 1. The lowest BCUT2D eigenvalue weighted by molar-refractivity contribution is 0.234. The number of methoxy groups -OCH3 is 1. The third kappa shape index (κ3) is 6.08. The number of amides is 2. The van der Waals surface area contributed by atoms with E-state index < -0.39 is 0 Å². The summed E-state index contributed by atoms with van der Waals surface area (Å²) in [6.07, 6.45) is 1.03. The maximum Gasteiger partial charge on any atom is 0.315 e. The Balaban J connectivity index is 2.11. The molecule has 0 aliphatic carbocycles. The van der Waals surface area contributed by atoms with E-state index in [1.165, 1.54) is 12.1 Å². The number of aliphatic hydroxyl groups is 1. The molecule has 5 nitrogen and oxygen atoms in total. The molecule has 0 bridgehead atoms. The molecule has 2 amide bonds. The minimum absolute atomic E-state index is 0.0256. The Morgan fingerprint density at radius 2 is 1.84 bits per heavy atom. The van der Waals surface area contributed by atoms with Crippen LogP contribution < -0.4 is 15.4 Å². The minimum atomic E-state index is -0.309. The number of benzene rings is 2. The van der Waals surface area contributed by atoms with Gasteiger partial charge in [-0.3, -0.25) is 0 Å². The predicted octanol–water partition coefficient (Wildman–Crippen LogP) is 2.80. The van der Waals surface area contributed by atoms with Gasteiger partial charge in [0.2, 0.25) is 0 Å². The Bertz CT molecular complexity index is 659. The van der Waals surface area contributed by atoms with E-state index >= 15 is 0 Å². The number of aliphatic hydroxyl groups excluding tert-OH is 1. The van der Waals surface area contributed by atoms with E-state index in [1.807, 2.05) is 24.3 Å². The first-order chi connectivity index (χ1) is 12.1. The molecule has 2 rings (SSSR count). The van der Waals surface area contributed by atoms with Gasteiger partial charge in [-0.05, 0) is 48.2 Å². The molecule has 2 aromatic carbocycles. The average Bonchev–Trinajstić information content (AvgIpc) is 2.63. The van der Waals surface area contributed by atoms with Crippen LogP contribution in [0.3, 0.4) is 0 Å². The molecule has 0 saturated carbocycles. The minimum Gasteiger partial charge on any atom is -0.497 e. The summed E-state index contributed by atoms with van der Waals surface area (Å²) in [5.74, 6) is 0.441. The molecular formula is C19H23FN2O3. The van der Waals surface area contributed by atoms with Crippen LogP contribution in [0.5, 0.6) is 5.75 Å². The van der Waals surface area contributed by atoms with E-state index in [-0.39, 0.29) is 24.5 Å². The number of carbonyl (C=O) groups is 1. The fraction of sp³-hybridized carbons (Fsp3) is 0.316. The monoisotopic (exact) mass is 346 g/mol. The molecule has 3 N–H and O–H groups in total. The summed E-state index contributed by atoms with van der Waals surface area (Å²) in [4.78, 5) is 12.1. The zero-order chi connectivity index (χ0) is 18.1. The normalized spacial score (nSPS) is 11.6. The van der Waals surface area contributed by atoms with Crippen molar-refractivity contribution in [3.05, 3.63) is 65.5 Å². The molecule has 6 heteroatoms.